The Bertz CT molecular complexity index is 1000. The molecule has 5 atom stereocenters. The first-order valence-corrected chi connectivity index (χ1v) is 14.5. The first-order valence-electron chi connectivity index (χ1n) is 14.5. The van der Waals surface area contributed by atoms with Crippen molar-refractivity contribution in [3.63, 3.8) is 0 Å². The van der Waals surface area contributed by atoms with Crippen LogP contribution in [0.5, 0.6) is 0 Å². The number of hydrogen-bond donors (Lipinski definition) is 6. The van der Waals surface area contributed by atoms with Crippen LogP contribution in [0.15, 0.2) is 91.0 Å². The summed E-state index contributed by atoms with van der Waals surface area (Å²) in [7, 11) is 0. The fourth-order valence-corrected chi connectivity index (χ4v) is 5.62. The lowest BCUT2D eigenvalue weighted by atomic mass is 9.77. The van der Waals surface area contributed by atoms with E-state index in [1.807, 2.05) is 0 Å². The van der Waals surface area contributed by atoms with Gasteiger partial charge in [0.15, 0.2) is 0 Å². The van der Waals surface area contributed by atoms with Crippen molar-refractivity contribution in [1.82, 2.24) is 10.6 Å². The summed E-state index contributed by atoms with van der Waals surface area (Å²) in [5.74, 6) is 0. The van der Waals surface area contributed by atoms with Gasteiger partial charge in [-0.2, -0.15) is 0 Å². The quantitative estimate of drug-likeness (QED) is 0.128. The second-order valence-corrected chi connectivity index (χ2v) is 10.6. The van der Waals surface area contributed by atoms with E-state index in [9.17, 15) is 20.4 Å². The van der Waals surface area contributed by atoms with Gasteiger partial charge in [-0.25, -0.2) is 0 Å². The Kier molecular flexibility index (Phi) is 11.7. The number of ether oxygens (including phenoxy) is 1. The average Bonchev–Trinajstić information content (AvgIpc) is 3.01. The van der Waals surface area contributed by atoms with Gasteiger partial charge < -0.3 is 25.2 Å². The lowest BCUT2D eigenvalue weighted by Crippen LogP contribution is -2.62. The molecular weight excluding hydrogens is 504 g/mol. The predicted molar refractivity (Wildman–Crippen MR) is 157 cm³/mol. The molecule has 6 N–H and O–H groups in total. The maximum atomic E-state index is 10.1. The average molecular weight is 549 g/mol. The third kappa shape index (κ3) is 7.36. The summed E-state index contributed by atoms with van der Waals surface area (Å²) in [6.07, 6.45) is 0.793. The molecule has 0 saturated carbocycles. The molecule has 0 radical (unpaired) electrons. The van der Waals surface area contributed by atoms with Crippen LogP contribution in [0.25, 0.3) is 0 Å². The van der Waals surface area contributed by atoms with E-state index < -0.39 is 42.8 Å². The minimum Gasteiger partial charge on any atom is -0.394 e. The zero-order chi connectivity index (χ0) is 28.2. The third-order valence-electron chi connectivity index (χ3n) is 7.85. The number of benzene rings is 3. The van der Waals surface area contributed by atoms with Crippen LogP contribution < -0.4 is 10.6 Å². The number of rotatable bonds is 15. The molecule has 216 valence electrons. The van der Waals surface area contributed by atoms with E-state index in [1.54, 1.807) is 0 Å². The van der Waals surface area contributed by atoms with Crippen LogP contribution in [0.1, 0.15) is 55.2 Å². The molecule has 7 heteroatoms. The lowest BCUT2D eigenvalue weighted by molar-refractivity contribution is -0.236. The molecule has 4 rings (SSSR count). The van der Waals surface area contributed by atoms with Gasteiger partial charge in [0.2, 0.25) is 0 Å². The standard InChI is InChI=1S/C33H44N2O5/c36-24-28-29(37)30(38)31(39)32(40-28)34-22-14-3-1-2-4-15-23-35-33(25-16-8-5-9-17-25,26-18-10-6-11-19-26)27-20-12-7-13-21-27/h5-13,16-21,28-32,34-39H,1-4,14-15,22-24H2/t28-,29-,30+,31+,32+/m1/s1. The van der Waals surface area contributed by atoms with Crippen LogP contribution in [-0.2, 0) is 10.3 Å². The van der Waals surface area contributed by atoms with E-state index >= 15 is 0 Å². The van der Waals surface area contributed by atoms with Gasteiger partial charge >= 0.3 is 0 Å². The molecule has 0 spiro atoms. The number of aliphatic hydroxyl groups is 4. The van der Waals surface area contributed by atoms with Crippen LogP contribution in [0.2, 0.25) is 0 Å². The maximum absolute atomic E-state index is 10.1. The van der Waals surface area contributed by atoms with Crippen LogP contribution in [0, 0.1) is 0 Å². The summed E-state index contributed by atoms with van der Waals surface area (Å²) in [5, 5.41) is 46.3. The summed E-state index contributed by atoms with van der Waals surface area (Å²) in [5.41, 5.74) is 3.23. The fourth-order valence-electron chi connectivity index (χ4n) is 5.62. The SMILES string of the molecule is OC[C@H]1O[C@H](NCCCCCCCCNC(c2ccccc2)(c2ccccc2)c2ccccc2)[C@@H](O)[C@@H](O)[C@@H]1O. The Hall–Kier alpha value is -2.62. The topological polar surface area (TPSA) is 114 Å². The van der Waals surface area contributed by atoms with Gasteiger partial charge in [-0.1, -0.05) is 117 Å². The monoisotopic (exact) mass is 548 g/mol. The van der Waals surface area contributed by atoms with Gasteiger partial charge in [0.1, 0.15) is 30.6 Å². The zero-order valence-electron chi connectivity index (χ0n) is 23.1. The van der Waals surface area contributed by atoms with Crippen molar-refractivity contribution in [2.45, 2.75) is 74.7 Å². The molecule has 1 fully saturated rings. The molecule has 1 aliphatic heterocycles. The molecule has 1 aliphatic rings. The molecule has 0 unspecified atom stereocenters. The molecule has 3 aromatic carbocycles. The van der Waals surface area contributed by atoms with E-state index in [2.05, 4.69) is 102 Å². The smallest absolute Gasteiger partial charge is 0.137 e. The Morgan fingerprint density at radius 2 is 1.02 bits per heavy atom. The number of unbranched alkanes of at least 4 members (excludes halogenated alkanes) is 5. The van der Waals surface area contributed by atoms with Gasteiger partial charge in [-0.05, 0) is 42.6 Å². The van der Waals surface area contributed by atoms with Gasteiger partial charge in [-0.15, -0.1) is 0 Å². The van der Waals surface area contributed by atoms with E-state index in [1.165, 1.54) is 16.7 Å². The first-order chi connectivity index (χ1) is 19.6. The van der Waals surface area contributed by atoms with Gasteiger partial charge in [-0.3, -0.25) is 10.6 Å². The van der Waals surface area contributed by atoms with Crippen molar-refractivity contribution in [1.29, 1.82) is 0 Å². The highest BCUT2D eigenvalue weighted by Gasteiger charge is 2.43. The van der Waals surface area contributed by atoms with E-state index in [-0.39, 0.29) is 0 Å². The molecule has 0 amide bonds. The predicted octanol–water partition coefficient (Wildman–Crippen LogP) is 3.30. The van der Waals surface area contributed by atoms with E-state index in [0.29, 0.717) is 6.54 Å². The molecule has 0 aliphatic carbocycles. The second kappa shape index (κ2) is 15.4. The molecule has 0 bridgehead atoms. The third-order valence-corrected chi connectivity index (χ3v) is 7.85. The van der Waals surface area contributed by atoms with Crippen LogP contribution in [-0.4, -0.2) is 70.8 Å². The molecule has 7 nitrogen and oxygen atoms in total. The highest BCUT2D eigenvalue weighted by atomic mass is 16.6. The lowest BCUT2D eigenvalue weighted by Gasteiger charge is -2.40. The van der Waals surface area contributed by atoms with Crippen molar-refractivity contribution in [3.8, 4) is 0 Å². The molecule has 1 saturated heterocycles. The first kappa shape index (κ1) is 30.3. The van der Waals surface area contributed by atoms with Crippen molar-refractivity contribution in [3.05, 3.63) is 108 Å². The largest absolute Gasteiger partial charge is 0.394 e. The van der Waals surface area contributed by atoms with Crippen LogP contribution in [0.3, 0.4) is 0 Å². The molecule has 0 aromatic heterocycles. The van der Waals surface area contributed by atoms with E-state index in [0.717, 1.165) is 45.1 Å². The number of nitrogens with one attached hydrogen (secondary N) is 2. The zero-order valence-corrected chi connectivity index (χ0v) is 23.1. The highest BCUT2D eigenvalue weighted by Crippen LogP contribution is 2.36. The summed E-state index contributed by atoms with van der Waals surface area (Å²) < 4.78 is 5.50. The molecule has 40 heavy (non-hydrogen) atoms. The number of hydrogen-bond acceptors (Lipinski definition) is 7. The van der Waals surface area contributed by atoms with Crippen LogP contribution >= 0.6 is 0 Å². The molecule has 1 heterocycles. The minimum atomic E-state index is -1.35. The van der Waals surface area contributed by atoms with Crippen molar-refractivity contribution in [2.75, 3.05) is 19.7 Å². The Morgan fingerprint density at radius 1 is 0.575 bits per heavy atom. The fraction of sp³-hybridized carbons (Fsp3) is 0.455. The second-order valence-electron chi connectivity index (χ2n) is 10.6. The van der Waals surface area contributed by atoms with Gasteiger partial charge in [0.25, 0.3) is 0 Å². The normalized spacial score (nSPS) is 23.2. The van der Waals surface area contributed by atoms with Gasteiger partial charge in [0.05, 0.1) is 12.1 Å². The Balaban J connectivity index is 1.24. The van der Waals surface area contributed by atoms with Crippen molar-refractivity contribution in [2.24, 2.45) is 0 Å². The summed E-state index contributed by atoms with van der Waals surface area (Å²) in [4.78, 5) is 0. The van der Waals surface area contributed by atoms with Crippen molar-refractivity contribution >= 4 is 0 Å². The summed E-state index contributed by atoms with van der Waals surface area (Å²) >= 11 is 0. The summed E-state index contributed by atoms with van der Waals surface area (Å²) in [6.45, 7) is 1.09. The highest BCUT2D eigenvalue weighted by molar-refractivity contribution is 5.49. The Morgan fingerprint density at radius 3 is 1.50 bits per heavy atom. The minimum absolute atomic E-state index is 0.416. The van der Waals surface area contributed by atoms with Gasteiger partial charge in [0, 0.05) is 0 Å². The Labute approximate surface area is 237 Å². The summed E-state index contributed by atoms with van der Waals surface area (Å²) in [6, 6.07) is 32.0. The van der Waals surface area contributed by atoms with Crippen molar-refractivity contribution < 1.29 is 25.2 Å². The number of aliphatic hydroxyl groups excluding tert-OH is 4. The molecular formula is C33H44N2O5. The van der Waals surface area contributed by atoms with E-state index in [4.69, 9.17) is 4.74 Å². The van der Waals surface area contributed by atoms with Crippen LogP contribution in [0.4, 0.5) is 0 Å². The molecule has 3 aromatic rings. The maximum Gasteiger partial charge on any atom is 0.137 e.